The summed E-state index contributed by atoms with van der Waals surface area (Å²) in [5.41, 5.74) is 1.82. The monoisotopic (exact) mass is 344 g/mol. The second-order valence-electron chi connectivity index (χ2n) is 9.42. The smallest absolute Gasteiger partial charge is 0.305 e. The van der Waals surface area contributed by atoms with Crippen molar-refractivity contribution in [3.05, 3.63) is 11.6 Å². The van der Waals surface area contributed by atoms with Gasteiger partial charge in [-0.15, -0.1) is 0 Å². The minimum Gasteiger partial charge on any atom is -0.462 e. The third kappa shape index (κ3) is 2.52. The summed E-state index contributed by atoms with van der Waals surface area (Å²) in [6.07, 6.45) is 11.3. The fourth-order valence-electron chi connectivity index (χ4n) is 6.95. The number of ether oxygens (including phenoxy) is 1. The fraction of sp³-hybridized carbons (Fsp3) is 0.818. The predicted molar refractivity (Wildman–Crippen MR) is 96.9 cm³/mol. The van der Waals surface area contributed by atoms with Gasteiger partial charge in [-0.1, -0.05) is 26.3 Å². The molecule has 0 bridgehead atoms. The number of ketones is 1. The standard InChI is InChI=1S/C22H32O3/c1-4-20(24)25-19-8-7-17-16-6-5-14-13-15(23)9-11-21(14,2)18(16)10-12-22(17,19)3/h13,16-19H,4-12H2,1-3H3/t16?,17?,18?,19?,21-,22-/m0/s1. The summed E-state index contributed by atoms with van der Waals surface area (Å²) in [5.74, 6) is 2.41. The van der Waals surface area contributed by atoms with E-state index in [-0.39, 0.29) is 22.9 Å². The van der Waals surface area contributed by atoms with E-state index in [0.29, 0.717) is 24.0 Å². The lowest BCUT2D eigenvalue weighted by Gasteiger charge is -2.57. The van der Waals surface area contributed by atoms with E-state index >= 15 is 0 Å². The second kappa shape index (κ2) is 5.96. The van der Waals surface area contributed by atoms with Gasteiger partial charge in [0.15, 0.2) is 5.78 Å². The third-order valence-corrected chi connectivity index (χ3v) is 8.44. The van der Waals surface area contributed by atoms with Crippen molar-refractivity contribution >= 4 is 11.8 Å². The zero-order chi connectivity index (χ0) is 17.8. The van der Waals surface area contributed by atoms with Gasteiger partial charge in [-0.25, -0.2) is 0 Å². The summed E-state index contributed by atoms with van der Waals surface area (Å²) in [5, 5.41) is 0. The largest absolute Gasteiger partial charge is 0.462 e. The quantitative estimate of drug-likeness (QED) is 0.673. The van der Waals surface area contributed by atoms with Crippen molar-refractivity contribution in [3.8, 4) is 0 Å². The molecule has 0 N–H and O–H groups in total. The topological polar surface area (TPSA) is 43.4 Å². The van der Waals surface area contributed by atoms with E-state index in [1.165, 1.54) is 24.8 Å². The molecule has 0 amide bonds. The molecule has 4 rings (SSSR count). The van der Waals surface area contributed by atoms with Crippen molar-refractivity contribution in [2.45, 2.75) is 84.7 Å². The van der Waals surface area contributed by atoms with Crippen LogP contribution in [0, 0.1) is 28.6 Å². The Hall–Kier alpha value is -1.12. The van der Waals surface area contributed by atoms with Crippen LogP contribution in [0.2, 0.25) is 0 Å². The van der Waals surface area contributed by atoms with E-state index in [1.807, 2.05) is 13.0 Å². The van der Waals surface area contributed by atoms with Gasteiger partial charge in [0.05, 0.1) is 0 Å². The molecule has 0 aliphatic heterocycles. The molecule has 0 aromatic heterocycles. The molecule has 0 aromatic carbocycles. The first-order chi connectivity index (χ1) is 11.9. The molecule has 6 atom stereocenters. The number of rotatable bonds is 2. The molecule has 0 heterocycles. The van der Waals surface area contributed by atoms with Crippen molar-refractivity contribution < 1.29 is 14.3 Å². The molecule has 0 aromatic rings. The highest BCUT2D eigenvalue weighted by Crippen LogP contribution is 2.65. The number of fused-ring (bicyclic) bond motifs is 5. The van der Waals surface area contributed by atoms with Gasteiger partial charge in [-0.05, 0) is 74.2 Å². The van der Waals surface area contributed by atoms with Gasteiger partial charge in [0.1, 0.15) is 6.10 Å². The normalized spacial score (nSPS) is 45.9. The molecule has 0 spiro atoms. The minimum absolute atomic E-state index is 0.0411. The van der Waals surface area contributed by atoms with Gasteiger partial charge < -0.3 is 4.74 Å². The molecule has 25 heavy (non-hydrogen) atoms. The van der Waals surface area contributed by atoms with E-state index in [1.54, 1.807) is 0 Å². The Bertz CT molecular complexity index is 621. The van der Waals surface area contributed by atoms with Gasteiger partial charge in [-0.2, -0.15) is 0 Å². The second-order valence-corrected chi connectivity index (χ2v) is 9.42. The van der Waals surface area contributed by atoms with Gasteiger partial charge in [0.25, 0.3) is 0 Å². The highest BCUT2D eigenvalue weighted by Gasteiger charge is 2.59. The number of hydrogen-bond donors (Lipinski definition) is 0. The highest BCUT2D eigenvalue weighted by molar-refractivity contribution is 5.91. The number of carbonyl (C=O) groups excluding carboxylic acids is 2. The lowest BCUT2D eigenvalue weighted by atomic mass is 9.47. The molecule has 4 unspecified atom stereocenters. The summed E-state index contributed by atoms with van der Waals surface area (Å²) in [7, 11) is 0. The Morgan fingerprint density at radius 3 is 2.68 bits per heavy atom. The molecule has 4 aliphatic rings. The first-order valence-electron chi connectivity index (χ1n) is 10.3. The Balaban J connectivity index is 1.59. The molecule has 3 nitrogen and oxygen atoms in total. The first kappa shape index (κ1) is 17.3. The zero-order valence-corrected chi connectivity index (χ0v) is 16.0. The minimum atomic E-state index is -0.0411. The van der Waals surface area contributed by atoms with E-state index in [2.05, 4.69) is 13.8 Å². The van der Waals surface area contributed by atoms with Crippen molar-refractivity contribution in [2.24, 2.45) is 28.6 Å². The molecule has 4 aliphatic carbocycles. The van der Waals surface area contributed by atoms with Crippen LogP contribution < -0.4 is 0 Å². The number of carbonyl (C=O) groups is 2. The first-order valence-corrected chi connectivity index (χ1v) is 10.3. The average Bonchev–Trinajstić information content (AvgIpc) is 2.92. The lowest BCUT2D eigenvalue weighted by molar-refractivity contribution is -0.159. The SMILES string of the molecule is CCC(=O)OC1CCC2C3CCC4=CC(=O)CC[C@]4(C)C3CC[C@]12C. The molecule has 3 fully saturated rings. The Morgan fingerprint density at radius 1 is 1.12 bits per heavy atom. The highest BCUT2D eigenvalue weighted by atomic mass is 16.5. The van der Waals surface area contributed by atoms with Crippen molar-refractivity contribution in [1.29, 1.82) is 0 Å². The number of hydrogen-bond acceptors (Lipinski definition) is 3. The summed E-state index contributed by atoms with van der Waals surface area (Å²) in [4.78, 5) is 23.8. The van der Waals surface area contributed by atoms with Crippen molar-refractivity contribution in [2.75, 3.05) is 0 Å². The number of esters is 1. The van der Waals surface area contributed by atoms with Gasteiger partial charge >= 0.3 is 5.97 Å². The van der Waals surface area contributed by atoms with Crippen LogP contribution in [0.25, 0.3) is 0 Å². The molecule has 3 saturated carbocycles. The van der Waals surface area contributed by atoms with Crippen LogP contribution in [0.1, 0.15) is 78.6 Å². The lowest BCUT2D eigenvalue weighted by Crippen LogP contribution is -2.51. The Morgan fingerprint density at radius 2 is 1.92 bits per heavy atom. The van der Waals surface area contributed by atoms with E-state index in [0.717, 1.165) is 38.0 Å². The van der Waals surface area contributed by atoms with E-state index in [4.69, 9.17) is 4.74 Å². The molecule has 0 radical (unpaired) electrons. The summed E-state index contributed by atoms with van der Waals surface area (Å²) in [6.45, 7) is 6.69. The molecule has 138 valence electrons. The molecular weight excluding hydrogens is 312 g/mol. The van der Waals surface area contributed by atoms with Crippen LogP contribution in [0.4, 0.5) is 0 Å². The maximum Gasteiger partial charge on any atom is 0.305 e. The van der Waals surface area contributed by atoms with Crippen LogP contribution >= 0.6 is 0 Å². The van der Waals surface area contributed by atoms with Gasteiger partial charge in [-0.3, -0.25) is 9.59 Å². The molecular formula is C22H32O3. The number of allylic oxidation sites excluding steroid dienone is 1. The van der Waals surface area contributed by atoms with Crippen LogP contribution in [0.5, 0.6) is 0 Å². The maximum atomic E-state index is 11.9. The van der Waals surface area contributed by atoms with Crippen LogP contribution in [0.15, 0.2) is 11.6 Å². The fourth-order valence-corrected chi connectivity index (χ4v) is 6.95. The van der Waals surface area contributed by atoms with Crippen LogP contribution in [-0.2, 0) is 14.3 Å². The zero-order valence-electron chi connectivity index (χ0n) is 16.0. The van der Waals surface area contributed by atoms with Crippen molar-refractivity contribution in [1.82, 2.24) is 0 Å². The predicted octanol–water partition coefficient (Wildman–Crippen LogP) is 4.84. The summed E-state index contributed by atoms with van der Waals surface area (Å²) < 4.78 is 5.86. The molecule has 3 heteroatoms. The van der Waals surface area contributed by atoms with Crippen LogP contribution in [-0.4, -0.2) is 17.9 Å². The van der Waals surface area contributed by atoms with Crippen molar-refractivity contribution in [3.63, 3.8) is 0 Å². The van der Waals surface area contributed by atoms with Gasteiger partial charge in [0, 0.05) is 18.3 Å². The summed E-state index contributed by atoms with van der Waals surface area (Å²) >= 11 is 0. The Kier molecular flexibility index (Phi) is 4.12. The van der Waals surface area contributed by atoms with E-state index in [9.17, 15) is 9.59 Å². The Labute approximate surface area is 151 Å². The maximum absolute atomic E-state index is 11.9. The third-order valence-electron chi connectivity index (χ3n) is 8.44. The summed E-state index contributed by atoms with van der Waals surface area (Å²) in [6, 6.07) is 0. The van der Waals surface area contributed by atoms with Gasteiger partial charge in [0.2, 0.25) is 0 Å². The average molecular weight is 344 g/mol. The van der Waals surface area contributed by atoms with Crippen LogP contribution in [0.3, 0.4) is 0 Å². The molecule has 0 saturated heterocycles. The van der Waals surface area contributed by atoms with E-state index < -0.39 is 0 Å².